The number of ketones is 1. The highest BCUT2D eigenvalue weighted by Crippen LogP contribution is 2.41. The molecule has 0 aliphatic carbocycles. The molecule has 336 valence electrons. The molecule has 0 radical (unpaired) electrons. The van der Waals surface area contributed by atoms with E-state index in [1.54, 1.807) is 0 Å². The smallest absolute Gasteiger partial charge is 0.417 e. The van der Waals surface area contributed by atoms with Crippen molar-refractivity contribution in [3.05, 3.63) is 108 Å². The van der Waals surface area contributed by atoms with Crippen LogP contribution in [0, 0.1) is 5.41 Å². The fourth-order valence-electron chi connectivity index (χ4n) is 6.92. The van der Waals surface area contributed by atoms with Crippen molar-refractivity contribution in [3.63, 3.8) is 0 Å². The molecule has 6 atom stereocenters. The van der Waals surface area contributed by atoms with Gasteiger partial charge in [0.2, 0.25) is 0 Å². The van der Waals surface area contributed by atoms with Gasteiger partial charge in [-0.1, -0.05) is 126 Å². The number of imide groups is 1. The number of hydrogen-bond donors (Lipinski definition) is 1. The van der Waals surface area contributed by atoms with Crippen LogP contribution in [0.25, 0.3) is 0 Å². The van der Waals surface area contributed by atoms with Gasteiger partial charge in [0.15, 0.2) is 14.4 Å². The lowest BCUT2D eigenvalue weighted by molar-refractivity contribution is -0.169. The largest absolute Gasteiger partial charge is 0.447 e. The first-order valence-electron chi connectivity index (χ1n) is 20.9. The molecule has 0 saturated carbocycles. The molecule has 1 N–H and O–H groups in total. The molecule has 1 heterocycles. The molecule has 1 fully saturated rings. The maximum atomic E-state index is 14.2. The first-order chi connectivity index (χ1) is 29.0. The van der Waals surface area contributed by atoms with Gasteiger partial charge in [0.25, 0.3) is 5.91 Å². The minimum absolute atomic E-state index is 0.00443. The summed E-state index contributed by atoms with van der Waals surface area (Å²) in [5, 5.41) is 12.0. The number of Topliss-reactive ketones (excluding diaryl/α,β-unsaturated/α-hetero) is 1. The summed E-state index contributed by atoms with van der Waals surface area (Å²) in [5.41, 5.74) is 2.10. The van der Waals surface area contributed by atoms with Gasteiger partial charge in [0, 0.05) is 32.5 Å². The molecule has 4 rings (SSSR count). The number of benzene rings is 3. The van der Waals surface area contributed by atoms with E-state index in [1.807, 2.05) is 105 Å². The molecule has 1 aliphatic heterocycles. The third kappa shape index (κ3) is 14.9. The van der Waals surface area contributed by atoms with Crippen molar-refractivity contribution in [2.24, 2.45) is 5.41 Å². The summed E-state index contributed by atoms with van der Waals surface area (Å²) in [7, 11) is 0.132. The van der Waals surface area contributed by atoms with E-state index in [0.29, 0.717) is 13.0 Å². The number of cyclic esters (lactones) is 1. The molecule has 2 amide bonds. The van der Waals surface area contributed by atoms with E-state index in [9.17, 15) is 19.5 Å². The number of rotatable bonds is 26. The summed E-state index contributed by atoms with van der Waals surface area (Å²) in [6.07, 6.45) is -6.75. The number of hydrogen-bond acceptors (Lipinski definition) is 12. The number of aliphatic hydroxyl groups excluding tert-OH is 1. The van der Waals surface area contributed by atoms with Crippen molar-refractivity contribution in [2.75, 3.05) is 41.0 Å². The molecule has 0 bridgehead atoms. The van der Waals surface area contributed by atoms with Crippen molar-refractivity contribution in [1.82, 2.24) is 4.90 Å². The Balaban J connectivity index is 1.57. The summed E-state index contributed by atoms with van der Waals surface area (Å²) in [4.78, 5) is 42.3. The van der Waals surface area contributed by atoms with Crippen LogP contribution in [0.2, 0.25) is 18.1 Å². The zero-order chi connectivity index (χ0) is 44.6. The number of ether oxygens (including phenoxy) is 7. The lowest BCUT2D eigenvalue weighted by atomic mass is 9.81. The van der Waals surface area contributed by atoms with Crippen LogP contribution in [0.5, 0.6) is 0 Å². The highest BCUT2D eigenvalue weighted by Gasteiger charge is 2.49. The quantitative estimate of drug-likeness (QED) is 0.0485. The van der Waals surface area contributed by atoms with Gasteiger partial charge in [0.1, 0.15) is 26.0 Å². The molecule has 3 aromatic carbocycles. The number of amides is 2. The average Bonchev–Trinajstić information content (AvgIpc) is 3.59. The number of carbonyl (C=O) groups is 3. The SMILES string of the molecule is COCO[C@H](C(=O)N1C(=O)OC[C@@H]1Cc1ccccc1)[C@@H](CC(=O)C[C@@H](O)[C@@H](O[Si](C)(C)C(C)(C)C)[C@@H](OCc1ccccc1)C(C)(C)COCOCc1ccccc1)OC. The van der Waals surface area contributed by atoms with Gasteiger partial charge in [-0.15, -0.1) is 0 Å². The number of nitrogens with zero attached hydrogens (tertiary/aromatic N) is 1. The van der Waals surface area contributed by atoms with Gasteiger partial charge in [-0.3, -0.25) is 9.59 Å². The zero-order valence-corrected chi connectivity index (χ0v) is 38.4. The average molecular weight is 866 g/mol. The van der Waals surface area contributed by atoms with Crippen molar-refractivity contribution in [2.45, 2.75) is 122 Å². The van der Waals surface area contributed by atoms with Crippen molar-refractivity contribution >= 4 is 26.1 Å². The van der Waals surface area contributed by atoms with Gasteiger partial charge in [-0.25, -0.2) is 9.69 Å². The Kier molecular flexibility index (Phi) is 19.2. The molecule has 0 unspecified atom stereocenters. The number of aliphatic hydroxyl groups is 1. The normalized spacial score (nSPS) is 17.4. The predicted molar refractivity (Wildman–Crippen MR) is 233 cm³/mol. The second kappa shape index (κ2) is 23.6. The predicted octanol–water partition coefficient (Wildman–Crippen LogP) is 7.48. The van der Waals surface area contributed by atoms with E-state index in [-0.39, 0.29) is 51.3 Å². The standard InChI is InChI=1S/C47H67NO12Si/c1-46(2,3)61(8,9)60-41(43(57-29-36-23-17-12-18-24-36)47(4,5)31-56-33-55-28-35-21-15-11-16-22-35)39(50)26-38(49)27-40(54-7)42(59-32-53-6)44(51)48-37(30-58-45(48)52)25-34-19-13-10-14-20-34/h10-24,37,39-43,50H,25-33H2,1-9H3/t37-,39+,40+,41+,42-,43+/m0/s1. The van der Waals surface area contributed by atoms with Crippen LogP contribution in [0.1, 0.15) is 64.2 Å². The van der Waals surface area contributed by atoms with E-state index in [2.05, 4.69) is 33.9 Å². The summed E-state index contributed by atoms with van der Waals surface area (Å²) in [6, 6.07) is 28.4. The maximum Gasteiger partial charge on any atom is 0.417 e. The van der Waals surface area contributed by atoms with E-state index in [4.69, 9.17) is 37.6 Å². The molecule has 13 nitrogen and oxygen atoms in total. The molecular weight excluding hydrogens is 799 g/mol. The number of carbonyl (C=O) groups excluding carboxylic acids is 3. The molecule has 1 saturated heterocycles. The fourth-order valence-corrected chi connectivity index (χ4v) is 8.23. The molecule has 0 aromatic heterocycles. The minimum atomic E-state index is -2.63. The molecule has 3 aromatic rings. The third-order valence-corrected chi connectivity index (χ3v) is 15.8. The lowest BCUT2D eigenvalue weighted by Crippen LogP contribution is -2.57. The Morgan fingerprint density at radius 3 is 1.93 bits per heavy atom. The Hall–Kier alpha value is -3.83. The molecular formula is C47H67NO12Si. The van der Waals surface area contributed by atoms with E-state index >= 15 is 0 Å². The number of methoxy groups -OCH3 is 2. The lowest BCUT2D eigenvalue weighted by Gasteiger charge is -2.46. The molecule has 1 aliphatic rings. The Labute approximate surface area is 363 Å². The van der Waals surface area contributed by atoms with Gasteiger partial charge in [0.05, 0.1) is 50.3 Å². The van der Waals surface area contributed by atoms with Crippen LogP contribution in [0.4, 0.5) is 4.79 Å². The van der Waals surface area contributed by atoms with Gasteiger partial charge < -0.3 is 42.7 Å². The topological polar surface area (TPSA) is 149 Å². The van der Waals surface area contributed by atoms with Gasteiger partial charge in [-0.05, 0) is 41.2 Å². The second-order valence-electron chi connectivity index (χ2n) is 17.8. The first-order valence-corrected chi connectivity index (χ1v) is 23.8. The van der Waals surface area contributed by atoms with Crippen LogP contribution >= 0.6 is 0 Å². The van der Waals surface area contributed by atoms with Gasteiger partial charge in [-0.2, -0.15) is 0 Å². The van der Waals surface area contributed by atoms with Crippen LogP contribution < -0.4 is 0 Å². The third-order valence-electron chi connectivity index (χ3n) is 11.3. The van der Waals surface area contributed by atoms with Gasteiger partial charge >= 0.3 is 6.09 Å². The van der Waals surface area contributed by atoms with Crippen molar-refractivity contribution < 1.29 is 57.1 Å². The summed E-state index contributed by atoms with van der Waals surface area (Å²) in [5.74, 6) is -1.14. The van der Waals surface area contributed by atoms with Crippen molar-refractivity contribution in [3.8, 4) is 0 Å². The molecule has 61 heavy (non-hydrogen) atoms. The Bertz CT molecular complexity index is 1770. The summed E-state index contributed by atoms with van der Waals surface area (Å²) < 4.78 is 47.7. The fraction of sp³-hybridized carbons (Fsp3) is 0.553. The highest BCUT2D eigenvalue weighted by atomic mass is 28.4. The Morgan fingerprint density at radius 2 is 1.38 bits per heavy atom. The first kappa shape index (κ1) is 49.8. The maximum absolute atomic E-state index is 14.2. The summed E-state index contributed by atoms with van der Waals surface area (Å²) in [6.45, 7) is 15.0. The zero-order valence-electron chi connectivity index (χ0n) is 37.4. The minimum Gasteiger partial charge on any atom is -0.447 e. The Morgan fingerprint density at radius 1 is 0.803 bits per heavy atom. The monoisotopic (exact) mass is 865 g/mol. The van der Waals surface area contributed by atoms with Crippen LogP contribution in [0.3, 0.4) is 0 Å². The molecule has 14 heteroatoms. The molecule has 0 spiro atoms. The van der Waals surface area contributed by atoms with Crippen LogP contribution in [0.15, 0.2) is 91.0 Å². The van der Waals surface area contributed by atoms with Crippen LogP contribution in [-0.2, 0) is 66.8 Å². The highest BCUT2D eigenvalue weighted by molar-refractivity contribution is 6.74. The van der Waals surface area contributed by atoms with E-state index in [0.717, 1.165) is 21.6 Å². The van der Waals surface area contributed by atoms with Crippen LogP contribution in [-0.4, -0.2) is 114 Å². The van der Waals surface area contributed by atoms with E-state index in [1.165, 1.54) is 14.2 Å². The summed E-state index contributed by atoms with van der Waals surface area (Å²) >= 11 is 0. The van der Waals surface area contributed by atoms with E-state index < -0.39 is 68.1 Å². The van der Waals surface area contributed by atoms with Crippen molar-refractivity contribution in [1.29, 1.82) is 0 Å². The second-order valence-corrected chi connectivity index (χ2v) is 22.5.